The summed E-state index contributed by atoms with van der Waals surface area (Å²) < 4.78 is 24.9. The summed E-state index contributed by atoms with van der Waals surface area (Å²) in [6.07, 6.45) is 0.444. The number of carbonyl (C=O) groups excluding carboxylic acids is 1. The Hall–Kier alpha value is -2.93. The Labute approximate surface area is 157 Å². The standard InChI is InChI=1S/C20H19N3O3S/c24-20(21-16-11-12-27(25,26)14-16)19-13-18(15-7-3-1-4-8-15)22-23(19)17-9-5-2-6-10-17/h1-10,13,16H,11-12,14H2,(H,21,24)/t16-/m0/s1. The van der Waals surface area contributed by atoms with Gasteiger partial charge in [-0.2, -0.15) is 5.10 Å². The molecule has 1 N–H and O–H groups in total. The monoisotopic (exact) mass is 381 g/mol. The summed E-state index contributed by atoms with van der Waals surface area (Å²) in [7, 11) is -3.06. The van der Waals surface area contributed by atoms with Crippen molar-refractivity contribution in [3.05, 3.63) is 72.4 Å². The van der Waals surface area contributed by atoms with Gasteiger partial charge in [-0.05, 0) is 24.6 Å². The molecule has 0 spiro atoms. The Bertz CT molecular complexity index is 1060. The second kappa shape index (κ2) is 7.00. The van der Waals surface area contributed by atoms with Crippen LogP contribution in [0.4, 0.5) is 0 Å². The average Bonchev–Trinajstić information content (AvgIpc) is 3.27. The van der Waals surface area contributed by atoms with Crippen LogP contribution in [0.15, 0.2) is 66.7 Å². The number of carbonyl (C=O) groups is 1. The lowest BCUT2D eigenvalue weighted by atomic mass is 10.1. The zero-order chi connectivity index (χ0) is 18.9. The van der Waals surface area contributed by atoms with Crippen LogP contribution in [0.25, 0.3) is 16.9 Å². The molecular weight excluding hydrogens is 362 g/mol. The van der Waals surface area contributed by atoms with Crippen molar-refractivity contribution in [2.75, 3.05) is 11.5 Å². The number of rotatable bonds is 4. The zero-order valence-electron chi connectivity index (χ0n) is 14.6. The highest BCUT2D eigenvalue weighted by Crippen LogP contribution is 2.22. The molecule has 2 aromatic carbocycles. The minimum absolute atomic E-state index is 0.0102. The first-order chi connectivity index (χ1) is 13.0. The number of aromatic nitrogens is 2. The number of benzene rings is 2. The number of sulfone groups is 1. The number of hydrogen-bond donors (Lipinski definition) is 1. The quantitative estimate of drug-likeness (QED) is 0.753. The largest absolute Gasteiger partial charge is 0.347 e. The lowest BCUT2D eigenvalue weighted by molar-refractivity contribution is 0.0933. The highest BCUT2D eigenvalue weighted by atomic mass is 32.2. The van der Waals surface area contributed by atoms with E-state index < -0.39 is 9.84 Å². The lowest BCUT2D eigenvalue weighted by Gasteiger charge is -2.12. The van der Waals surface area contributed by atoms with Gasteiger partial charge in [-0.3, -0.25) is 4.79 Å². The van der Waals surface area contributed by atoms with Crippen LogP contribution in [0.1, 0.15) is 16.9 Å². The summed E-state index contributed by atoms with van der Waals surface area (Å²) in [5.74, 6) is -0.217. The molecule has 4 rings (SSSR count). The average molecular weight is 381 g/mol. The maximum atomic E-state index is 12.9. The van der Waals surface area contributed by atoms with Crippen molar-refractivity contribution in [2.24, 2.45) is 0 Å². The van der Waals surface area contributed by atoms with Crippen molar-refractivity contribution in [1.29, 1.82) is 0 Å². The number of para-hydroxylation sites is 1. The van der Waals surface area contributed by atoms with Gasteiger partial charge in [0.1, 0.15) is 5.69 Å². The number of nitrogens with one attached hydrogen (secondary N) is 1. The summed E-state index contributed by atoms with van der Waals surface area (Å²) in [5, 5.41) is 7.46. The van der Waals surface area contributed by atoms with Crippen molar-refractivity contribution in [3.8, 4) is 16.9 Å². The van der Waals surface area contributed by atoms with Gasteiger partial charge in [-0.1, -0.05) is 48.5 Å². The topological polar surface area (TPSA) is 81.1 Å². The van der Waals surface area contributed by atoms with Crippen molar-refractivity contribution >= 4 is 15.7 Å². The molecule has 0 radical (unpaired) electrons. The van der Waals surface area contributed by atoms with E-state index in [0.29, 0.717) is 17.8 Å². The second-order valence-corrected chi connectivity index (χ2v) is 8.83. The lowest BCUT2D eigenvalue weighted by Crippen LogP contribution is -2.36. The molecule has 1 aliphatic heterocycles. The van der Waals surface area contributed by atoms with Gasteiger partial charge < -0.3 is 5.32 Å². The van der Waals surface area contributed by atoms with E-state index >= 15 is 0 Å². The zero-order valence-corrected chi connectivity index (χ0v) is 15.4. The van der Waals surface area contributed by atoms with Crippen LogP contribution in [0.5, 0.6) is 0 Å². The molecule has 6 nitrogen and oxygen atoms in total. The molecule has 7 heteroatoms. The molecular formula is C20H19N3O3S. The number of hydrogen-bond acceptors (Lipinski definition) is 4. The smallest absolute Gasteiger partial charge is 0.270 e. The van der Waals surface area contributed by atoms with Crippen molar-refractivity contribution in [1.82, 2.24) is 15.1 Å². The first-order valence-corrected chi connectivity index (χ1v) is 10.6. The van der Waals surface area contributed by atoms with E-state index in [-0.39, 0.29) is 23.5 Å². The fourth-order valence-electron chi connectivity index (χ4n) is 3.23. The first-order valence-electron chi connectivity index (χ1n) is 8.74. The molecule has 0 unspecified atom stereocenters. The Kier molecular flexibility index (Phi) is 4.53. The summed E-state index contributed by atoms with van der Waals surface area (Å²) in [4.78, 5) is 12.9. The minimum atomic E-state index is -3.06. The highest BCUT2D eigenvalue weighted by molar-refractivity contribution is 7.91. The van der Waals surface area contributed by atoms with Crippen LogP contribution in [0.2, 0.25) is 0 Å². The summed E-state index contributed by atoms with van der Waals surface area (Å²) in [6.45, 7) is 0. The predicted octanol–water partition coefficient (Wildman–Crippen LogP) is 2.46. The molecule has 1 saturated heterocycles. The van der Waals surface area contributed by atoms with Gasteiger partial charge in [0.2, 0.25) is 0 Å². The van der Waals surface area contributed by atoms with E-state index in [1.165, 1.54) is 0 Å². The molecule has 0 aliphatic carbocycles. The van der Waals surface area contributed by atoms with E-state index in [1.54, 1.807) is 10.7 Å². The molecule has 1 aromatic heterocycles. The van der Waals surface area contributed by atoms with Gasteiger partial charge in [0.05, 0.1) is 22.9 Å². The Morgan fingerprint density at radius 1 is 1.04 bits per heavy atom. The van der Waals surface area contributed by atoms with Crippen LogP contribution < -0.4 is 5.32 Å². The van der Waals surface area contributed by atoms with E-state index in [0.717, 1.165) is 11.3 Å². The van der Waals surface area contributed by atoms with Gasteiger partial charge >= 0.3 is 0 Å². The molecule has 138 valence electrons. The number of amides is 1. The molecule has 1 atom stereocenters. The first kappa shape index (κ1) is 17.5. The third-order valence-electron chi connectivity index (χ3n) is 4.58. The Balaban J connectivity index is 1.70. The highest BCUT2D eigenvalue weighted by Gasteiger charge is 2.30. The SMILES string of the molecule is O=C(N[C@H]1CCS(=O)(=O)C1)c1cc(-c2ccccc2)nn1-c1ccccc1. The molecule has 1 fully saturated rings. The van der Waals surface area contributed by atoms with Crippen LogP contribution in [-0.4, -0.2) is 41.7 Å². The van der Waals surface area contributed by atoms with E-state index in [2.05, 4.69) is 10.4 Å². The van der Waals surface area contributed by atoms with Gasteiger partial charge in [-0.15, -0.1) is 0 Å². The summed E-state index contributed by atoms with van der Waals surface area (Å²) in [6, 6.07) is 20.4. The predicted molar refractivity (Wildman–Crippen MR) is 104 cm³/mol. The molecule has 1 amide bonds. The molecule has 0 bridgehead atoms. The fourth-order valence-corrected chi connectivity index (χ4v) is 4.90. The van der Waals surface area contributed by atoms with Gasteiger partial charge in [0, 0.05) is 11.6 Å². The molecule has 3 aromatic rings. The Morgan fingerprint density at radius 3 is 2.33 bits per heavy atom. The van der Waals surface area contributed by atoms with E-state index in [1.807, 2.05) is 60.7 Å². The third kappa shape index (κ3) is 3.78. The summed E-state index contributed by atoms with van der Waals surface area (Å²) in [5.41, 5.74) is 2.74. The van der Waals surface area contributed by atoms with E-state index in [4.69, 9.17) is 0 Å². The van der Waals surface area contributed by atoms with Crippen molar-refractivity contribution in [2.45, 2.75) is 12.5 Å². The molecule has 2 heterocycles. The molecule has 1 aliphatic rings. The van der Waals surface area contributed by atoms with Gasteiger partial charge in [0.15, 0.2) is 9.84 Å². The molecule has 0 saturated carbocycles. The normalized spacial score (nSPS) is 18.3. The maximum absolute atomic E-state index is 12.9. The third-order valence-corrected chi connectivity index (χ3v) is 6.35. The Morgan fingerprint density at radius 2 is 1.70 bits per heavy atom. The van der Waals surface area contributed by atoms with Crippen molar-refractivity contribution in [3.63, 3.8) is 0 Å². The van der Waals surface area contributed by atoms with Crippen LogP contribution in [0, 0.1) is 0 Å². The fraction of sp³-hybridized carbons (Fsp3) is 0.200. The second-order valence-electron chi connectivity index (χ2n) is 6.60. The van der Waals surface area contributed by atoms with E-state index in [9.17, 15) is 13.2 Å². The maximum Gasteiger partial charge on any atom is 0.270 e. The molecule has 27 heavy (non-hydrogen) atoms. The van der Waals surface area contributed by atoms with Gasteiger partial charge in [-0.25, -0.2) is 13.1 Å². The van der Waals surface area contributed by atoms with Crippen LogP contribution in [-0.2, 0) is 9.84 Å². The van der Waals surface area contributed by atoms with Crippen LogP contribution in [0.3, 0.4) is 0 Å². The number of nitrogens with zero attached hydrogens (tertiary/aromatic N) is 2. The van der Waals surface area contributed by atoms with Crippen LogP contribution >= 0.6 is 0 Å². The van der Waals surface area contributed by atoms with Crippen molar-refractivity contribution < 1.29 is 13.2 Å². The summed E-state index contributed by atoms with van der Waals surface area (Å²) >= 11 is 0. The van der Waals surface area contributed by atoms with Gasteiger partial charge in [0.25, 0.3) is 5.91 Å². The minimum Gasteiger partial charge on any atom is -0.347 e.